The first-order chi connectivity index (χ1) is 15.4. The zero-order valence-corrected chi connectivity index (χ0v) is 19.2. The zero-order valence-electron chi connectivity index (χ0n) is 17.0. The van der Waals surface area contributed by atoms with Gasteiger partial charge in [-0.25, -0.2) is 5.56 Å². The predicted octanol–water partition coefficient (Wildman–Crippen LogP) is 6.94. The monoisotopic (exact) mass is 590 g/mol. The van der Waals surface area contributed by atoms with E-state index < -0.39 is 0 Å². The smallest absolute Gasteiger partial charge is 0.662 e. The summed E-state index contributed by atoms with van der Waals surface area (Å²) in [7, 11) is 0. The Labute approximate surface area is 202 Å². The van der Waals surface area contributed by atoms with Crippen molar-refractivity contribution < 1.29 is 22.4 Å². The van der Waals surface area contributed by atoms with Gasteiger partial charge < -0.3 is 4.98 Å². The second kappa shape index (κ2) is 8.60. The normalized spacial score (nSPS) is 10.9. The van der Waals surface area contributed by atoms with E-state index in [4.69, 9.17) is 4.98 Å². The molecule has 0 unspecified atom stereocenters. The SMILES string of the molecule is [Au+3].[c-]1ccccc1-c1[c-]c(-c2cccc3c2[n-]c2c(-c4ccccn4)cccc23)ccc1. The molecule has 0 radical (unpaired) electrons. The fourth-order valence-electron chi connectivity index (χ4n) is 4.16. The van der Waals surface area contributed by atoms with Gasteiger partial charge in [-0.3, -0.25) is 4.98 Å². The van der Waals surface area contributed by atoms with Gasteiger partial charge in [0.1, 0.15) is 0 Å². The molecular weight excluding hydrogens is 573 g/mol. The zero-order chi connectivity index (χ0) is 20.6. The Balaban J connectivity index is 0.00000216. The van der Waals surface area contributed by atoms with Crippen molar-refractivity contribution in [3.8, 4) is 33.5 Å². The van der Waals surface area contributed by atoms with Crippen LogP contribution in [0.3, 0.4) is 0 Å². The van der Waals surface area contributed by atoms with Crippen LogP contribution in [-0.2, 0) is 22.4 Å². The molecule has 0 saturated heterocycles. The summed E-state index contributed by atoms with van der Waals surface area (Å²) in [6.07, 6.45) is 1.82. The van der Waals surface area contributed by atoms with Crippen molar-refractivity contribution >= 4 is 21.8 Å². The van der Waals surface area contributed by atoms with Gasteiger partial charge in [0.05, 0.1) is 5.69 Å². The molecule has 0 fully saturated rings. The molecule has 0 N–H and O–H groups in total. The van der Waals surface area contributed by atoms with Crippen LogP contribution in [0.1, 0.15) is 0 Å². The summed E-state index contributed by atoms with van der Waals surface area (Å²) < 4.78 is 0. The predicted molar refractivity (Wildman–Crippen MR) is 127 cm³/mol. The Kier molecular flexibility index (Phi) is 5.50. The van der Waals surface area contributed by atoms with Gasteiger partial charge in [-0.05, 0) is 28.5 Å². The summed E-state index contributed by atoms with van der Waals surface area (Å²) in [5.74, 6) is 0. The molecule has 32 heavy (non-hydrogen) atoms. The van der Waals surface area contributed by atoms with Crippen molar-refractivity contribution in [3.63, 3.8) is 0 Å². The van der Waals surface area contributed by atoms with E-state index in [1.807, 2.05) is 42.6 Å². The average Bonchev–Trinajstić information content (AvgIpc) is 3.24. The molecule has 0 saturated carbocycles. The Bertz CT molecular complexity index is 1520. The third-order valence-electron chi connectivity index (χ3n) is 5.61. The maximum absolute atomic E-state index is 5.10. The molecule has 3 heteroatoms. The van der Waals surface area contributed by atoms with Crippen LogP contribution in [0.5, 0.6) is 0 Å². The van der Waals surface area contributed by atoms with E-state index >= 15 is 0 Å². The van der Waals surface area contributed by atoms with Gasteiger partial charge in [-0.1, -0.05) is 48.0 Å². The van der Waals surface area contributed by atoms with Crippen LogP contribution in [0.4, 0.5) is 0 Å². The number of hydrogen-bond acceptors (Lipinski definition) is 1. The number of rotatable bonds is 3. The molecule has 6 aromatic rings. The number of fused-ring (bicyclic) bond motifs is 3. The number of para-hydroxylation sites is 2. The number of benzene rings is 4. The Morgan fingerprint density at radius 2 is 1.28 bits per heavy atom. The molecule has 2 nitrogen and oxygen atoms in total. The van der Waals surface area contributed by atoms with Gasteiger partial charge in [-0.15, -0.1) is 29.3 Å². The van der Waals surface area contributed by atoms with Crippen LogP contribution in [0.15, 0.2) is 103 Å². The van der Waals surface area contributed by atoms with Gasteiger partial charge in [0, 0.05) is 6.20 Å². The van der Waals surface area contributed by atoms with E-state index in [0.717, 1.165) is 55.3 Å². The molecule has 0 aliphatic heterocycles. The van der Waals surface area contributed by atoms with Crippen LogP contribution in [0.25, 0.3) is 55.3 Å². The van der Waals surface area contributed by atoms with Crippen molar-refractivity contribution in [1.82, 2.24) is 9.97 Å². The molecule has 0 aliphatic rings. The molecular formula is C29H17AuN2. The summed E-state index contributed by atoms with van der Waals surface area (Å²) in [4.78, 5) is 9.65. The maximum Gasteiger partial charge on any atom is 3.00 e. The van der Waals surface area contributed by atoms with Gasteiger partial charge in [0.25, 0.3) is 0 Å². The van der Waals surface area contributed by atoms with Crippen molar-refractivity contribution in [2.75, 3.05) is 0 Å². The van der Waals surface area contributed by atoms with Crippen molar-refractivity contribution in [2.45, 2.75) is 0 Å². The second-order valence-corrected chi connectivity index (χ2v) is 7.48. The first-order valence-corrected chi connectivity index (χ1v) is 10.3. The van der Waals surface area contributed by atoms with Crippen molar-refractivity contribution in [2.24, 2.45) is 0 Å². The Hall–Kier alpha value is -3.43. The minimum Gasteiger partial charge on any atom is -0.662 e. The number of hydrogen-bond donors (Lipinski definition) is 0. The largest absolute Gasteiger partial charge is 3.00 e. The molecule has 0 spiro atoms. The summed E-state index contributed by atoms with van der Waals surface area (Å²) >= 11 is 0. The standard InChI is InChI=1S/C29H17N2.Au/c1-2-9-20(10-3-1)21-11-6-12-22(19-21)23-13-7-14-24-25-15-8-16-26(29(25)31-28(23)24)27-17-4-5-18-30-27;/h1-9,11-18H;/q-3;+3. The number of pyridine rings is 1. The molecule has 2 aromatic heterocycles. The second-order valence-electron chi connectivity index (χ2n) is 7.48. The first kappa shape index (κ1) is 20.5. The van der Waals surface area contributed by atoms with Gasteiger partial charge >= 0.3 is 22.4 Å². The van der Waals surface area contributed by atoms with Crippen LogP contribution >= 0.6 is 0 Å². The third-order valence-corrected chi connectivity index (χ3v) is 5.61. The van der Waals surface area contributed by atoms with Gasteiger partial charge in [0.15, 0.2) is 0 Å². The molecule has 0 bridgehead atoms. The summed E-state index contributed by atoms with van der Waals surface area (Å²) in [5.41, 5.74) is 8.14. The summed E-state index contributed by atoms with van der Waals surface area (Å²) in [5, 5.41) is 2.29. The van der Waals surface area contributed by atoms with E-state index in [1.165, 1.54) is 0 Å². The summed E-state index contributed by atoms with van der Waals surface area (Å²) in [6, 6.07) is 39.8. The fraction of sp³-hybridized carbons (Fsp3) is 0. The van der Waals surface area contributed by atoms with Crippen LogP contribution in [-0.4, -0.2) is 4.98 Å². The van der Waals surface area contributed by atoms with E-state index in [2.05, 4.69) is 77.8 Å². The molecule has 0 atom stereocenters. The molecule has 4 aromatic carbocycles. The molecule has 2 heterocycles. The minimum absolute atomic E-state index is 0. The van der Waals surface area contributed by atoms with Crippen molar-refractivity contribution in [3.05, 3.63) is 115 Å². The number of aromatic nitrogens is 2. The molecule has 154 valence electrons. The van der Waals surface area contributed by atoms with E-state index in [1.54, 1.807) is 0 Å². The maximum atomic E-state index is 5.10. The molecule has 0 amide bonds. The van der Waals surface area contributed by atoms with Crippen LogP contribution in [0.2, 0.25) is 0 Å². The van der Waals surface area contributed by atoms with Crippen LogP contribution in [0, 0.1) is 12.1 Å². The van der Waals surface area contributed by atoms with E-state index in [9.17, 15) is 0 Å². The topological polar surface area (TPSA) is 27.0 Å². The van der Waals surface area contributed by atoms with E-state index in [-0.39, 0.29) is 22.4 Å². The average molecular weight is 590 g/mol. The minimum atomic E-state index is 0. The quantitative estimate of drug-likeness (QED) is 0.165. The van der Waals surface area contributed by atoms with Crippen molar-refractivity contribution in [1.29, 1.82) is 0 Å². The van der Waals surface area contributed by atoms with E-state index in [0.29, 0.717) is 0 Å². The summed E-state index contributed by atoms with van der Waals surface area (Å²) in [6.45, 7) is 0. The van der Waals surface area contributed by atoms with Crippen LogP contribution < -0.4 is 4.98 Å². The van der Waals surface area contributed by atoms with Gasteiger partial charge in [-0.2, -0.15) is 47.5 Å². The fourth-order valence-corrected chi connectivity index (χ4v) is 4.16. The van der Waals surface area contributed by atoms with Gasteiger partial charge in [0.2, 0.25) is 0 Å². The Morgan fingerprint density at radius 1 is 0.594 bits per heavy atom. The first-order valence-electron chi connectivity index (χ1n) is 10.3. The number of nitrogens with zero attached hydrogens (tertiary/aromatic N) is 2. The Morgan fingerprint density at radius 3 is 2.03 bits per heavy atom. The molecule has 0 aliphatic carbocycles. The molecule has 6 rings (SSSR count). The third kappa shape index (κ3) is 3.49.